The van der Waals surface area contributed by atoms with E-state index in [4.69, 9.17) is 5.11 Å². The Morgan fingerprint density at radius 3 is 1.17 bits per heavy atom. The third-order valence-corrected chi connectivity index (χ3v) is 0. The minimum atomic E-state index is 0. The summed E-state index contributed by atoms with van der Waals surface area (Å²) in [6.07, 6.45) is 0. The second-order valence-corrected chi connectivity index (χ2v) is 0. The Morgan fingerprint density at radius 2 is 1.17 bits per heavy atom. The molecule has 0 spiro atoms. The van der Waals surface area contributed by atoms with Gasteiger partial charge in [0.15, 0.2) is 0 Å². The maximum absolute atomic E-state index is 7.00. The SMILES string of the molecule is CO.[CH2-]C.[CH3-].[Y]. The fourth-order valence-corrected chi connectivity index (χ4v) is 0. The Labute approximate surface area is 66.0 Å². The zero-order valence-electron chi connectivity index (χ0n) is 4.73. The second kappa shape index (κ2) is 137. The molecule has 0 aliphatic heterocycles. The van der Waals surface area contributed by atoms with Crippen LogP contribution >= 0.6 is 0 Å². The molecular weight excluding hydrogens is 153 g/mol. The predicted molar refractivity (Wildman–Crippen MR) is 25.6 cm³/mol. The Hall–Kier alpha value is 1.06. The van der Waals surface area contributed by atoms with Crippen LogP contribution in [0.2, 0.25) is 0 Å². The van der Waals surface area contributed by atoms with Crippen molar-refractivity contribution in [3.63, 3.8) is 0 Å². The maximum Gasteiger partial charge on any atom is 0.0319 e. The van der Waals surface area contributed by atoms with Gasteiger partial charge in [-0.25, -0.2) is 0 Å². The van der Waals surface area contributed by atoms with E-state index < -0.39 is 0 Å². The first-order valence-electron chi connectivity index (χ1n) is 1.15. The summed E-state index contributed by atoms with van der Waals surface area (Å²) in [4.78, 5) is 0. The van der Waals surface area contributed by atoms with E-state index >= 15 is 0 Å². The Kier molecular flexibility index (Phi) is 634. The Bertz CT molecular complexity index is 7.51. The first-order chi connectivity index (χ1) is 2.00. The van der Waals surface area contributed by atoms with E-state index in [1.165, 1.54) is 0 Å². The minimum Gasteiger partial charge on any atom is -0.400 e. The number of aliphatic hydroxyl groups excluding tert-OH is 1. The van der Waals surface area contributed by atoms with Gasteiger partial charge >= 0.3 is 0 Å². The molecule has 1 radical (unpaired) electrons. The van der Waals surface area contributed by atoms with Gasteiger partial charge in [-0.05, 0) is 0 Å². The molecule has 0 rings (SSSR count). The molecule has 0 saturated heterocycles. The third-order valence-electron chi connectivity index (χ3n) is 0. The average molecular weight is 165 g/mol. The minimum absolute atomic E-state index is 0. The van der Waals surface area contributed by atoms with Crippen LogP contribution in [0.5, 0.6) is 0 Å². The summed E-state index contributed by atoms with van der Waals surface area (Å²) in [7, 11) is 1.00. The van der Waals surface area contributed by atoms with Crippen molar-refractivity contribution in [1.82, 2.24) is 0 Å². The van der Waals surface area contributed by atoms with Crippen LogP contribution in [-0.2, 0) is 32.7 Å². The zero-order valence-corrected chi connectivity index (χ0v) is 7.57. The van der Waals surface area contributed by atoms with Crippen LogP contribution in [0.25, 0.3) is 0 Å². The second-order valence-electron chi connectivity index (χ2n) is 0. The van der Waals surface area contributed by atoms with E-state index in [9.17, 15) is 0 Å². The molecule has 0 saturated carbocycles. The van der Waals surface area contributed by atoms with Gasteiger partial charge in [-0.15, -0.1) is 0 Å². The smallest absolute Gasteiger partial charge is 0.0319 e. The molecule has 1 nitrogen and oxygen atoms in total. The van der Waals surface area contributed by atoms with Gasteiger partial charge in [0.1, 0.15) is 0 Å². The molecule has 0 unspecified atom stereocenters. The van der Waals surface area contributed by atoms with Gasteiger partial charge in [0.25, 0.3) is 0 Å². The van der Waals surface area contributed by atoms with E-state index in [2.05, 4.69) is 6.92 Å². The summed E-state index contributed by atoms with van der Waals surface area (Å²) < 4.78 is 0. The van der Waals surface area contributed by atoms with E-state index in [-0.39, 0.29) is 40.1 Å². The molecular formula is C4H12OY-2. The van der Waals surface area contributed by atoms with E-state index in [1.807, 2.05) is 0 Å². The van der Waals surface area contributed by atoms with E-state index in [0.717, 1.165) is 7.11 Å². The van der Waals surface area contributed by atoms with E-state index in [0.29, 0.717) is 0 Å². The van der Waals surface area contributed by atoms with Crippen molar-refractivity contribution >= 4 is 0 Å². The Morgan fingerprint density at radius 1 is 1.17 bits per heavy atom. The summed E-state index contributed by atoms with van der Waals surface area (Å²) in [5.74, 6) is 0. The van der Waals surface area contributed by atoms with Gasteiger partial charge in [-0.1, -0.05) is 0 Å². The molecule has 0 fully saturated rings. The molecule has 0 amide bonds. The number of rotatable bonds is 0. The molecule has 39 valence electrons. The summed E-state index contributed by atoms with van der Waals surface area (Å²) in [5.41, 5.74) is 0. The molecule has 0 bridgehead atoms. The van der Waals surface area contributed by atoms with Crippen LogP contribution in [0.1, 0.15) is 6.92 Å². The largest absolute Gasteiger partial charge is 0.400 e. The summed E-state index contributed by atoms with van der Waals surface area (Å²) >= 11 is 0. The summed E-state index contributed by atoms with van der Waals surface area (Å²) in [5, 5.41) is 7.00. The van der Waals surface area contributed by atoms with Crippen molar-refractivity contribution in [3.8, 4) is 0 Å². The van der Waals surface area contributed by atoms with Gasteiger partial charge in [-0.3, -0.25) is 0 Å². The molecule has 2 heteroatoms. The van der Waals surface area contributed by atoms with Crippen molar-refractivity contribution in [2.75, 3.05) is 7.11 Å². The first kappa shape index (κ1) is 27.7. The van der Waals surface area contributed by atoms with E-state index in [1.54, 1.807) is 6.92 Å². The van der Waals surface area contributed by atoms with Gasteiger partial charge < -0.3 is 19.5 Å². The number of aliphatic hydroxyl groups is 1. The fourth-order valence-electron chi connectivity index (χ4n) is 0. The molecule has 6 heavy (non-hydrogen) atoms. The Balaban J connectivity index is -0.00000000500. The zero-order chi connectivity index (χ0) is 4.00. The maximum atomic E-state index is 7.00. The van der Waals surface area contributed by atoms with Crippen molar-refractivity contribution in [2.45, 2.75) is 6.92 Å². The molecule has 0 aromatic carbocycles. The van der Waals surface area contributed by atoms with Crippen LogP contribution in [0.3, 0.4) is 0 Å². The molecule has 0 aliphatic carbocycles. The monoisotopic (exact) mass is 165 g/mol. The fraction of sp³-hybridized carbons (Fsp3) is 0.500. The van der Waals surface area contributed by atoms with Crippen molar-refractivity contribution in [3.05, 3.63) is 14.4 Å². The molecule has 0 heterocycles. The van der Waals surface area contributed by atoms with Crippen molar-refractivity contribution < 1.29 is 37.8 Å². The van der Waals surface area contributed by atoms with Crippen molar-refractivity contribution in [1.29, 1.82) is 0 Å². The van der Waals surface area contributed by atoms with Gasteiger partial charge in [0.2, 0.25) is 0 Å². The molecule has 0 atom stereocenters. The first-order valence-corrected chi connectivity index (χ1v) is 1.15. The topological polar surface area (TPSA) is 20.2 Å². The van der Waals surface area contributed by atoms with Crippen LogP contribution in [0, 0.1) is 14.4 Å². The van der Waals surface area contributed by atoms with Crippen LogP contribution in [0.4, 0.5) is 0 Å². The molecule has 0 aromatic heterocycles. The van der Waals surface area contributed by atoms with Crippen LogP contribution < -0.4 is 0 Å². The number of hydrogen-bond donors (Lipinski definition) is 1. The average Bonchev–Trinajstić information content (AvgIpc) is 1.50. The van der Waals surface area contributed by atoms with Gasteiger partial charge in [0.05, 0.1) is 0 Å². The molecule has 0 aromatic rings. The predicted octanol–water partition coefficient (Wildman–Crippen LogP) is 0.897. The van der Waals surface area contributed by atoms with Crippen molar-refractivity contribution in [2.24, 2.45) is 0 Å². The van der Waals surface area contributed by atoms with Gasteiger partial charge in [-0.2, -0.15) is 6.92 Å². The molecule has 1 N–H and O–H groups in total. The third kappa shape index (κ3) is 73.9. The standard InChI is InChI=1S/C2H5.CH4O.CH3.Y/c2*1-2;;/h1H2,2H3;2H,1H3;1H3;/q-1;;-1;. The normalized spacial score (nSPS) is 2.00. The summed E-state index contributed by atoms with van der Waals surface area (Å²) in [6, 6.07) is 0. The molecule has 0 aliphatic rings. The summed E-state index contributed by atoms with van der Waals surface area (Å²) in [6.45, 7) is 5.00. The van der Waals surface area contributed by atoms with Crippen LogP contribution in [0.15, 0.2) is 0 Å². The van der Waals surface area contributed by atoms with Crippen LogP contribution in [-0.4, -0.2) is 12.2 Å². The number of hydrogen-bond acceptors (Lipinski definition) is 1. The quantitative estimate of drug-likeness (QED) is 0.528. The van der Waals surface area contributed by atoms with Gasteiger partial charge in [0, 0.05) is 39.8 Å².